The fourth-order valence-electron chi connectivity index (χ4n) is 4.98. The number of hydrogen-bond donors (Lipinski definition) is 0. The molecule has 1 aliphatic carbocycles. The molecule has 3 aliphatic rings. The zero-order chi connectivity index (χ0) is 18.6. The number of fused-ring (bicyclic) bond motifs is 1. The molecule has 6 nitrogen and oxygen atoms in total. The molecule has 1 saturated carbocycles. The Morgan fingerprint density at radius 1 is 1.11 bits per heavy atom. The average molecular weight is 387 g/mol. The van der Waals surface area contributed by atoms with E-state index in [1.54, 1.807) is 4.31 Å². The minimum atomic E-state index is -3.22. The normalized spacial score (nSPS) is 29.3. The van der Waals surface area contributed by atoms with Crippen molar-refractivity contribution in [3.63, 3.8) is 0 Å². The van der Waals surface area contributed by atoms with Gasteiger partial charge in [-0.3, -0.25) is 4.90 Å². The first-order chi connectivity index (χ1) is 13.0. The van der Waals surface area contributed by atoms with Crippen LogP contribution in [0.15, 0.2) is 42.7 Å². The summed E-state index contributed by atoms with van der Waals surface area (Å²) in [5.74, 6) is 1.87. The number of aromatic nitrogens is 2. The molecule has 27 heavy (non-hydrogen) atoms. The minimum absolute atomic E-state index is 0.0561. The Balaban J connectivity index is 1.38. The molecule has 0 spiro atoms. The topological polar surface area (TPSA) is 58.4 Å². The molecule has 2 aromatic rings. The molecule has 0 N–H and O–H groups in total. The van der Waals surface area contributed by atoms with Gasteiger partial charge in [0, 0.05) is 38.1 Å². The lowest BCUT2D eigenvalue weighted by Gasteiger charge is -2.28. The van der Waals surface area contributed by atoms with E-state index in [9.17, 15) is 8.42 Å². The van der Waals surface area contributed by atoms with Crippen molar-refractivity contribution in [3.05, 3.63) is 54.1 Å². The number of benzene rings is 1. The van der Waals surface area contributed by atoms with Gasteiger partial charge in [0.1, 0.15) is 5.82 Å². The number of imidazole rings is 1. The summed E-state index contributed by atoms with van der Waals surface area (Å²) in [6, 6.07) is 10.7. The summed E-state index contributed by atoms with van der Waals surface area (Å²) in [6.45, 7) is 3.35. The molecule has 5 rings (SSSR count). The fourth-order valence-corrected chi connectivity index (χ4v) is 6.14. The Kier molecular flexibility index (Phi) is 4.14. The lowest BCUT2D eigenvalue weighted by molar-refractivity contribution is 0.254. The molecule has 7 heteroatoms. The summed E-state index contributed by atoms with van der Waals surface area (Å²) in [4.78, 5) is 7.05. The first kappa shape index (κ1) is 17.4. The van der Waals surface area contributed by atoms with Gasteiger partial charge in [-0.05, 0) is 30.2 Å². The van der Waals surface area contributed by atoms with Crippen molar-refractivity contribution in [1.29, 1.82) is 0 Å². The van der Waals surface area contributed by atoms with Crippen LogP contribution in [0.2, 0.25) is 0 Å². The number of likely N-dealkylation sites (tertiary alicyclic amines) is 1. The predicted octanol–water partition coefficient (Wildman–Crippen LogP) is 2.28. The molecular formula is C20H26N4O2S. The van der Waals surface area contributed by atoms with Crippen LogP contribution in [-0.2, 0) is 16.6 Å². The molecule has 0 amide bonds. The maximum atomic E-state index is 12.4. The molecule has 0 radical (unpaired) electrons. The van der Waals surface area contributed by atoms with Gasteiger partial charge in [0.15, 0.2) is 0 Å². The second-order valence-electron chi connectivity index (χ2n) is 8.29. The molecule has 3 fully saturated rings. The highest BCUT2D eigenvalue weighted by Crippen LogP contribution is 2.46. The first-order valence-corrected chi connectivity index (χ1v) is 11.6. The molecule has 1 aromatic heterocycles. The number of nitrogens with zero attached hydrogens (tertiary/aromatic N) is 4. The van der Waals surface area contributed by atoms with Crippen LogP contribution in [0.3, 0.4) is 0 Å². The second-order valence-corrected chi connectivity index (χ2v) is 10.2. The van der Waals surface area contributed by atoms with Gasteiger partial charge in [0.05, 0.1) is 18.8 Å². The molecule has 0 bridgehead atoms. The average Bonchev–Trinajstić information content (AvgIpc) is 3.07. The summed E-state index contributed by atoms with van der Waals surface area (Å²) in [5, 5.41) is 0. The van der Waals surface area contributed by atoms with Crippen LogP contribution < -0.4 is 0 Å². The Hall–Kier alpha value is -1.70. The highest BCUT2D eigenvalue weighted by molar-refractivity contribution is 7.88. The maximum absolute atomic E-state index is 12.4. The van der Waals surface area contributed by atoms with Gasteiger partial charge >= 0.3 is 0 Å². The van der Waals surface area contributed by atoms with Crippen molar-refractivity contribution >= 4 is 10.0 Å². The third-order valence-electron chi connectivity index (χ3n) is 6.32. The number of hydrogen-bond acceptors (Lipinski definition) is 4. The van der Waals surface area contributed by atoms with E-state index in [0.717, 1.165) is 31.0 Å². The highest BCUT2D eigenvalue weighted by atomic mass is 32.2. The van der Waals surface area contributed by atoms with Crippen LogP contribution in [0.5, 0.6) is 0 Å². The molecule has 2 saturated heterocycles. The first-order valence-electron chi connectivity index (χ1n) is 9.76. The monoisotopic (exact) mass is 386 g/mol. The Morgan fingerprint density at radius 2 is 1.89 bits per heavy atom. The van der Waals surface area contributed by atoms with Gasteiger partial charge in [0.25, 0.3) is 0 Å². The van der Waals surface area contributed by atoms with Gasteiger partial charge in [-0.15, -0.1) is 0 Å². The molecule has 3 atom stereocenters. The highest BCUT2D eigenvalue weighted by Gasteiger charge is 2.50. The van der Waals surface area contributed by atoms with Gasteiger partial charge in [0.2, 0.25) is 10.0 Å². The molecular weight excluding hydrogens is 360 g/mol. The van der Waals surface area contributed by atoms with Crippen molar-refractivity contribution < 1.29 is 8.42 Å². The van der Waals surface area contributed by atoms with Crippen LogP contribution in [0.1, 0.15) is 36.3 Å². The Bertz CT molecular complexity index is 922. The van der Waals surface area contributed by atoms with E-state index in [1.165, 1.54) is 19.1 Å². The van der Waals surface area contributed by atoms with Gasteiger partial charge < -0.3 is 4.57 Å². The van der Waals surface area contributed by atoms with E-state index in [-0.39, 0.29) is 6.04 Å². The van der Waals surface area contributed by atoms with Crippen LogP contribution in [-0.4, -0.2) is 53.1 Å². The predicted molar refractivity (Wildman–Crippen MR) is 103 cm³/mol. The maximum Gasteiger partial charge on any atom is 0.211 e. The SMILES string of the molecule is CS(=O)(=O)N1C[C@H]2CN(Cc3nccn3C3CC3)C[C@H]2[C@@H]1c1ccccc1. The lowest BCUT2D eigenvalue weighted by atomic mass is 9.90. The quantitative estimate of drug-likeness (QED) is 0.791. The molecule has 144 valence electrons. The van der Waals surface area contributed by atoms with Crippen molar-refractivity contribution in [1.82, 2.24) is 18.8 Å². The summed E-state index contributed by atoms with van der Waals surface area (Å²) in [6.07, 6.45) is 7.86. The van der Waals surface area contributed by atoms with Crippen molar-refractivity contribution in [3.8, 4) is 0 Å². The standard InChI is InChI=1S/C20H26N4O2S/c1-27(25,26)24-12-16-11-22(14-19-21-9-10-23(19)17-7-8-17)13-18(16)20(24)15-5-3-2-4-6-15/h2-6,9-10,16-18,20H,7-8,11-14H2,1H3/t16-,18-,20+/m1/s1. The van der Waals surface area contributed by atoms with Crippen molar-refractivity contribution in [2.24, 2.45) is 11.8 Å². The Labute approximate surface area is 160 Å². The lowest BCUT2D eigenvalue weighted by Crippen LogP contribution is -2.35. The third-order valence-corrected chi connectivity index (χ3v) is 7.55. The smallest absolute Gasteiger partial charge is 0.211 e. The van der Waals surface area contributed by atoms with Crippen LogP contribution in [0.25, 0.3) is 0 Å². The minimum Gasteiger partial charge on any atom is -0.331 e. The van der Waals surface area contributed by atoms with E-state index in [4.69, 9.17) is 0 Å². The Morgan fingerprint density at radius 3 is 2.59 bits per heavy atom. The largest absolute Gasteiger partial charge is 0.331 e. The van der Waals surface area contributed by atoms with Gasteiger partial charge in [-0.1, -0.05) is 30.3 Å². The molecule has 2 aliphatic heterocycles. The van der Waals surface area contributed by atoms with E-state index in [1.807, 2.05) is 24.4 Å². The van der Waals surface area contributed by atoms with Crippen LogP contribution in [0, 0.1) is 11.8 Å². The third kappa shape index (κ3) is 3.22. The van der Waals surface area contributed by atoms with Gasteiger partial charge in [-0.2, -0.15) is 4.31 Å². The van der Waals surface area contributed by atoms with Gasteiger partial charge in [-0.25, -0.2) is 13.4 Å². The van der Waals surface area contributed by atoms with Crippen molar-refractivity contribution in [2.75, 3.05) is 25.9 Å². The summed E-state index contributed by atoms with van der Waals surface area (Å²) < 4.78 is 28.9. The van der Waals surface area contributed by atoms with E-state index >= 15 is 0 Å². The van der Waals surface area contributed by atoms with Crippen LogP contribution >= 0.6 is 0 Å². The summed E-state index contributed by atoms with van der Waals surface area (Å²) in [7, 11) is -3.22. The van der Waals surface area contributed by atoms with E-state index in [0.29, 0.717) is 24.4 Å². The zero-order valence-corrected chi connectivity index (χ0v) is 16.4. The number of sulfonamides is 1. The zero-order valence-electron chi connectivity index (χ0n) is 15.6. The van der Waals surface area contributed by atoms with E-state index < -0.39 is 10.0 Å². The molecule has 1 aromatic carbocycles. The summed E-state index contributed by atoms with van der Waals surface area (Å²) in [5.41, 5.74) is 1.11. The van der Waals surface area contributed by atoms with E-state index in [2.05, 4.69) is 32.8 Å². The number of rotatable bonds is 5. The summed E-state index contributed by atoms with van der Waals surface area (Å²) >= 11 is 0. The van der Waals surface area contributed by atoms with Crippen LogP contribution in [0.4, 0.5) is 0 Å². The molecule has 0 unspecified atom stereocenters. The molecule has 3 heterocycles. The fraction of sp³-hybridized carbons (Fsp3) is 0.550. The second kappa shape index (κ2) is 6.43. The van der Waals surface area contributed by atoms with Crippen molar-refractivity contribution in [2.45, 2.75) is 31.5 Å².